The molecular weight excluding hydrogens is 356 g/mol. The first-order valence-electron chi connectivity index (χ1n) is 9.56. The molecule has 2 N–H and O–H groups in total. The lowest BCUT2D eigenvalue weighted by Gasteiger charge is -2.37. The fraction of sp³-hybridized carbons (Fsp3) is 0.364. The van der Waals surface area contributed by atoms with E-state index in [1.807, 2.05) is 60.7 Å². The number of hydrogen-bond acceptors (Lipinski definition) is 4. The van der Waals surface area contributed by atoms with Gasteiger partial charge in [-0.25, -0.2) is 0 Å². The van der Waals surface area contributed by atoms with Crippen molar-refractivity contribution in [2.75, 3.05) is 19.8 Å². The number of ether oxygens (including phenoxy) is 2. The Hall–Kier alpha value is -2.70. The van der Waals surface area contributed by atoms with E-state index >= 15 is 0 Å². The molecule has 148 valence electrons. The zero-order valence-electron chi connectivity index (χ0n) is 15.8. The van der Waals surface area contributed by atoms with E-state index in [0.29, 0.717) is 6.54 Å². The van der Waals surface area contributed by atoms with Crippen molar-refractivity contribution in [2.45, 2.75) is 31.6 Å². The number of nitrogens with zero attached hydrogens (tertiary/aromatic N) is 1. The summed E-state index contributed by atoms with van der Waals surface area (Å²) in [5, 5.41) is 0. The molecule has 1 heterocycles. The van der Waals surface area contributed by atoms with Gasteiger partial charge >= 0.3 is 0 Å². The Bertz CT molecular complexity index is 727. The van der Waals surface area contributed by atoms with Gasteiger partial charge in [0.25, 0.3) is 5.91 Å². The monoisotopic (exact) mass is 382 g/mol. The first-order chi connectivity index (χ1) is 13.6. The van der Waals surface area contributed by atoms with Gasteiger partial charge in [-0.3, -0.25) is 9.59 Å². The van der Waals surface area contributed by atoms with Gasteiger partial charge in [0.05, 0.1) is 0 Å². The predicted molar refractivity (Wildman–Crippen MR) is 105 cm³/mol. The third kappa shape index (κ3) is 5.41. The molecule has 3 rings (SSSR count). The van der Waals surface area contributed by atoms with Crippen LogP contribution < -0.4 is 5.73 Å². The van der Waals surface area contributed by atoms with Crippen molar-refractivity contribution in [1.29, 1.82) is 0 Å². The number of benzene rings is 2. The topological polar surface area (TPSA) is 81.9 Å². The molecule has 0 saturated carbocycles. The van der Waals surface area contributed by atoms with Crippen LogP contribution in [-0.4, -0.2) is 42.7 Å². The molecule has 2 aromatic carbocycles. The quantitative estimate of drug-likeness (QED) is 0.761. The molecule has 6 nitrogen and oxygen atoms in total. The molecule has 1 unspecified atom stereocenters. The Kier molecular flexibility index (Phi) is 7.17. The summed E-state index contributed by atoms with van der Waals surface area (Å²) < 4.78 is 11.6. The molecule has 2 aromatic rings. The van der Waals surface area contributed by atoms with Gasteiger partial charge in [-0.15, -0.1) is 0 Å². The highest BCUT2D eigenvalue weighted by Gasteiger charge is 2.30. The van der Waals surface area contributed by atoms with E-state index in [9.17, 15) is 9.59 Å². The minimum Gasteiger partial charge on any atom is -0.368 e. The third-order valence-corrected chi connectivity index (χ3v) is 4.74. The molecule has 0 aromatic heterocycles. The van der Waals surface area contributed by atoms with E-state index in [0.717, 1.165) is 30.4 Å². The highest BCUT2D eigenvalue weighted by Crippen LogP contribution is 2.31. The van der Waals surface area contributed by atoms with Crippen molar-refractivity contribution in [3.63, 3.8) is 0 Å². The summed E-state index contributed by atoms with van der Waals surface area (Å²) in [7, 11) is 0. The molecule has 0 bridgehead atoms. The van der Waals surface area contributed by atoms with Crippen molar-refractivity contribution in [3.05, 3.63) is 71.8 Å². The number of carbonyl (C=O) groups is 2. The van der Waals surface area contributed by atoms with E-state index in [1.165, 1.54) is 0 Å². The molecule has 1 saturated heterocycles. The van der Waals surface area contributed by atoms with Crippen LogP contribution in [0.25, 0.3) is 0 Å². The van der Waals surface area contributed by atoms with Gasteiger partial charge in [0.2, 0.25) is 5.91 Å². The Morgan fingerprint density at radius 2 is 1.57 bits per heavy atom. The number of hydrogen-bond donors (Lipinski definition) is 1. The van der Waals surface area contributed by atoms with Crippen LogP contribution >= 0.6 is 0 Å². The summed E-state index contributed by atoms with van der Waals surface area (Å²) in [5.41, 5.74) is 7.14. The van der Waals surface area contributed by atoms with E-state index in [4.69, 9.17) is 15.2 Å². The Morgan fingerprint density at radius 3 is 2.14 bits per heavy atom. The fourth-order valence-corrected chi connectivity index (χ4v) is 3.41. The van der Waals surface area contributed by atoms with Crippen molar-refractivity contribution >= 4 is 11.8 Å². The van der Waals surface area contributed by atoms with Crippen LogP contribution in [0, 0.1) is 0 Å². The number of piperidine rings is 1. The molecular formula is C22H26N2O4. The molecule has 2 amide bonds. The molecule has 0 aliphatic carbocycles. The lowest BCUT2D eigenvalue weighted by molar-refractivity contribution is -0.160. The molecule has 0 spiro atoms. The Morgan fingerprint density at radius 1 is 0.964 bits per heavy atom. The maximum Gasteiger partial charge on any atom is 0.250 e. The predicted octanol–water partition coefficient (Wildman–Crippen LogP) is 2.63. The van der Waals surface area contributed by atoms with Crippen molar-refractivity contribution in [2.24, 2.45) is 5.73 Å². The van der Waals surface area contributed by atoms with Gasteiger partial charge in [-0.05, 0) is 30.4 Å². The van der Waals surface area contributed by atoms with Crippen LogP contribution in [0.3, 0.4) is 0 Å². The number of primary amides is 1. The van der Waals surface area contributed by atoms with Gasteiger partial charge < -0.3 is 20.1 Å². The Balaban J connectivity index is 1.76. The zero-order chi connectivity index (χ0) is 19.8. The second kappa shape index (κ2) is 10.0. The first-order valence-corrected chi connectivity index (χ1v) is 9.56. The van der Waals surface area contributed by atoms with E-state index in [1.54, 1.807) is 4.90 Å². The highest BCUT2D eigenvalue weighted by molar-refractivity contribution is 5.79. The second-order valence-corrected chi connectivity index (χ2v) is 6.83. The number of nitrogens with two attached hydrogens (primary N) is 1. The maximum absolute atomic E-state index is 12.6. The van der Waals surface area contributed by atoms with Crippen LogP contribution in [0.5, 0.6) is 0 Å². The van der Waals surface area contributed by atoms with Crippen LogP contribution in [0.1, 0.15) is 36.5 Å². The summed E-state index contributed by atoms with van der Waals surface area (Å²) >= 11 is 0. The fourth-order valence-electron chi connectivity index (χ4n) is 3.41. The summed E-state index contributed by atoms with van der Waals surface area (Å²) in [6, 6.07) is 20.0. The summed E-state index contributed by atoms with van der Waals surface area (Å²) in [6.45, 7) is 0.172. The number of amides is 2. The maximum atomic E-state index is 12.6. The molecule has 1 atom stereocenters. The summed E-state index contributed by atoms with van der Waals surface area (Å²) in [4.78, 5) is 25.2. The molecule has 1 aliphatic heterocycles. The Labute approximate surface area is 165 Å². The number of rotatable bonds is 8. The average molecular weight is 382 g/mol. The molecule has 1 fully saturated rings. The number of likely N-dealkylation sites (tertiary alicyclic amines) is 1. The van der Waals surface area contributed by atoms with Gasteiger partial charge in [0.1, 0.15) is 25.5 Å². The summed E-state index contributed by atoms with van der Waals surface area (Å²) in [6.07, 6.45) is 2.06. The lowest BCUT2D eigenvalue weighted by atomic mass is 10.0. The van der Waals surface area contributed by atoms with Gasteiger partial charge in [-0.1, -0.05) is 60.7 Å². The SMILES string of the molecule is NC(=O)COCC(=O)N1CCCCC1OC(c1ccccc1)c1ccccc1. The van der Waals surface area contributed by atoms with Crippen molar-refractivity contribution < 1.29 is 19.1 Å². The van der Waals surface area contributed by atoms with E-state index in [-0.39, 0.29) is 31.5 Å². The number of carbonyl (C=O) groups excluding carboxylic acids is 2. The van der Waals surface area contributed by atoms with Crippen LogP contribution in [-0.2, 0) is 19.1 Å². The molecule has 28 heavy (non-hydrogen) atoms. The second-order valence-electron chi connectivity index (χ2n) is 6.83. The average Bonchev–Trinajstić information content (AvgIpc) is 2.73. The van der Waals surface area contributed by atoms with Gasteiger partial charge in [-0.2, -0.15) is 0 Å². The minimum absolute atomic E-state index is 0.176. The normalized spacial score (nSPS) is 16.9. The van der Waals surface area contributed by atoms with Crippen LogP contribution in [0.2, 0.25) is 0 Å². The van der Waals surface area contributed by atoms with Crippen molar-refractivity contribution in [3.8, 4) is 0 Å². The standard InChI is InChI=1S/C22H26N2O4/c23-19(25)15-27-16-20(26)24-14-8-7-13-21(24)28-22(17-9-3-1-4-10-17)18-11-5-2-6-12-18/h1-6,9-12,21-22H,7-8,13-16H2,(H2,23,25). The van der Waals surface area contributed by atoms with E-state index < -0.39 is 5.91 Å². The minimum atomic E-state index is -0.590. The third-order valence-electron chi connectivity index (χ3n) is 4.74. The van der Waals surface area contributed by atoms with Crippen molar-refractivity contribution in [1.82, 2.24) is 4.90 Å². The van der Waals surface area contributed by atoms with E-state index in [2.05, 4.69) is 0 Å². The lowest BCUT2D eigenvalue weighted by Crippen LogP contribution is -2.47. The zero-order valence-corrected chi connectivity index (χ0v) is 15.8. The summed E-state index contributed by atoms with van der Waals surface area (Å²) in [5.74, 6) is -0.779. The largest absolute Gasteiger partial charge is 0.368 e. The molecule has 1 aliphatic rings. The molecule has 6 heteroatoms. The highest BCUT2D eigenvalue weighted by atomic mass is 16.5. The smallest absolute Gasteiger partial charge is 0.250 e. The van der Waals surface area contributed by atoms with Gasteiger partial charge in [0.15, 0.2) is 0 Å². The van der Waals surface area contributed by atoms with Crippen LogP contribution in [0.15, 0.2) is 60.7 Å². The first kappa shape index (κ1) is 20.0. The van der Waals surface area contributed by atoms with Gasteiger partial charge in [0, 0.05) is 6.54 Å². The van der Waals surface area contributed by atoms with Crippen LogP contribution in [0.4, 0.5) is 0 Å². The molecule has 0 radical (unpaired) electrons.